The standard InChI is InChI=1S/C35H42N2O8/c1-35(2,3)45-34(43)36-28(18-22-9-5-4-6-10-22)29(38)20-25(17-23-13-15-26(16-14-23)44-21-31(40)41)33(42)37-32-27-12-8-7-11-24(27)19-30(32)39/h4-16,25,28-30,32,38-39H,17-21H2,1-3H3,(H,36,43)(H,37,42)(H,40,41)/t25-,28-,29-,30?,32-/m0/s1. The number of alkyl carbamates (subject to hydrolysis) is 1. The number of rotatable bonds is 13. The summed E-state index contributed by atoms with van der Waals surface area (Å²) in [6, 6.07) is 22.4. The number of hydrogen-bond donors (Lipinski definition) is 5. The number of hydrogen-bond acceptors (Lipinski definition) is 7. The summed E-state index contributed by atoms with van der Waals surface area (Å²) in [7, 11) is 0. The summed E-state index contributed by atoms with van der Waals surface area (Å²) in [6.45, 7) is 4.78. The van der Waals surface area contributed by atoms with Crippen LogP contribution in [0.2, 0.25) is 0 Å². The molecule has 2 amide bonds. The molecule has 0 aromatic heterocycles. The van der Waals surface area contributed by atoms with Crippen LogP contribution in [0, 0.1) is 5.92 Å². The molecule has 45 heavy (non-hydrogen) atoms. The lowest BCUT2D eigenvalue weighted by atomic mass is 9.88. The second-order valence-corrected chi connectivity index (χ2v) is 12.4. The van der Waals surface area contributed by atoms with Crippen LogP contribution in [0.25, 0.3) is 0 Å². The number of aliphatic hydroxyl groups excluding tert-OH is 2. The second kappa shape index (κ2) is 15.0. The van der Waals surface area contributed by atoms with Gasteiger partial charge in [0.15, 0.2) is 6.61 Å². The van der Waals surface area contributed by atoms with E-state index in [-0.39, 0.29) is 18.7 Å². The fourth-order valence-electron chi connectivity index (χ4n) is 5.52. The number of amides is 2. The van der Waals surface area contributed by atoms with Crippen molar-refractivity contribution in [2.24, 2.45) is 5.92 Å². The Balaban J connectivity index is 1.56. The Kier molecular flexibility index (Phi) is 11.2. The number of ether oxygens (including phenoxy) is 2. The first-order valence-electron chi connectivity index (χ1n) is 15.1. The maximum atomic E-state index is 13.9. The van der Waals surface area contributed by atoms with Crippen LogP contribution in [0.1, 0.15) is 55.5 Å². The number of fused-ring (bicyclic) bond motifs is 1. The minimum atomic E-state index is -1.13. The van der Waals surface area contributed by atoms with Crippen molar-refractivity contribution in [2.75, 3.05) is 6.61 Å². The van der Waals surface area contributed by atoms with E-state index in [0.717, 1.165) is 22.3 Å². The summed E-state index contributed by atoms with van der Waals surface area (Å²) in [5.74, 6) is -1.82. The van der Waals surface area contributed by atoms with Crippen LogP contribution in [0.4, 0.5) is 4.79 Å². The maximum absolute atomic E-state index is 13.9. The van der Waals surface area contributed by atoms with Gasteiger partial charge in [-0.2, -0.15) is 0 Å². The van der Waals surface area contributed by atoms with Crippen molar-refractivity contribution >= 4 is 18.0 Å². The Morgan fingerprint density at radius 3 is 2.22 bits per heavy atom. The maximum Gasteiger partial charge on any atom is 0.407 e. The summed E-state index contributed by atoms with van der Waals surface area (Å²) < 4.78 is 10.7. The van der Waals surface area contributed by atoms with Crippen molar-refractivity contribution < 1.29 is 39.2 Å². The van der Waals surface area contributed by atoms with E-state index in [1.807, 2.05) is 54.6 Å². The van der Waals surface area contributed by atoms with Crippen molar-refractivity contribution in [1.29, 1.82) is 0 Å². The first-order valence-corrected chi connectivity index (χ1v) is 15.1. The van der Waals surface area contributed by atoms with Crippen LogP contribution in [0.5, 0.6) is 5.75 Å². The highest BCUT2D eigenvalue weighted by Gasteiger charge is 2.35. The lowest BCUT2D eigenvalue weighted by molar-refractivity contribution is -0.139. The highest BCUT2D eigenvalue weighted by molar-refractivity contribution is 5.80. The van der Waals surface area contributed by atoms with Crippen LogP contribution in [-0.4, -0.2) is 63.7 Å². The third-order valence-corrected chi connectivity index (χ3v) is 7.63. The molecule has 3 aromatic carbocycles. The number of carboxylic acid groups (broad SMARTS) is 1. The Bertz CT molecular complexity index is 1440. The molecule has 0 saturated carbocycles. The van der Waals surface area contributed by atoms with E-state index in [0.29, 0.717) is 18.6 Å². The molecule has 240 valence electrons. The molecule has 1 aliphatic carbocycles. The van der Waals surface area contributed by atoms with Gasteiger partial charge in [0.1, 0.15) is 11.4 Å². The van der Waals surface area contributed by atoms with E-state index in [1.165, 1.54) is 0 Å². The molecule has 0 aliphatic heterocycles. The zero-order valence-electron chi connectivity index (χ0n) is 25.8. The van der Waals surface area contributed by atoms with Gasteiger partial charge in [0.25, 0.3) is 0 Å². The molecule has 0 fully saturated rings. The van der Waals surface area contributed by atoms with E-state index in [1.54, 1.807) is 45.0 Å². The second-order valence-electron chi connectivity index (χ2n) is 12.4. The van der Waals surface area contributed by atoms with Gasteiger partial charge < -0.3 is 35.4 Å². The van der Waals surface area contributed by atoms with Crippen LogP contribution >= 0.6 is 0 Å². The molecular weight excluding hydrogens is 576 g/mol. The smallest absolute Gasteiger partial charge is 0.407 e. The first-order chi connectivity index (χ1) is 21.4. The molecule has 0 spiro atoms. The monoisotopic (exact) mass is 618 g/mol. The quantitative estimate of drug-likeness (QED) is 0.193. The van der Waals surface area contributed by atoms with Crippen LogP contribution in [-0.2, 0) is 33.6 Å². The predicted molar refractivity (Wildman–Crippen MR) is 168 cm³/mol. The molecule has 0 radical (unpaired) electrons. The molecule has 0 heterocycles. The van der Waals surface area contributed by atoms with Crippen LogP contribution in [0.15, 0.2) is 78.9 Å². The molecule has 0 bridgehead atoms. The van der Waals surface area contributed by atoms with Gasteiger partial charge in [0.2, 0.25) is 5.91 Å². The number of aliphatic hydroxyl groups is 2. The summed E-state index contributed by atoms with van der Waals surface area (Å²) in [5, 5.41) is 37.1. The van der Waals surface area contributed by atoms with Gasteiger partial charge in [-0.3, -0.25) is 4.79 Å². The van der Waals surface area contributed by atoms with Crippen molar-refractivity contribution in [3.05, 3.63) is 101 Å². The van der Waals surface area contributed by atoms with Crippen molar-refractivity contribution in [1.82, 2.24) is 10.6 Å². The molecule has 1 aliphatic rings. The first kappa shape index (κ1) is 33.5. The van der Waals surface area contributed by atoms with Crippen LogP contribution in [0.3, 0.4) is 0 Å². The van der Waals surface area contributed by atoms with Gasteiger partial charge in [-0.25, -0.2) is 9.59 Å². The van der Waals surface area contributed by atoms with Crippen LogP contribution < -0.4 is 15.4 Å². The number of aliphatic carboxylic acids is 1. The van der Waals surface area contributed by atoms with Crippen molar-refractivity contribution in [3.63, 3.8) is 0 Å². The predicted octanol–water partition coefficient (Wildman–Crippen LogP) is 3.97. The average Bonchev–Trinajstić information content (AvgIpc) is 3.30. The number of nitrogens with one attached hydrogen (secondary N) is 2. The number of carbonyl (C=O) groups is 3. The van der Waals surface area contributed by atoms with Crippen molar-refractivity contribution in [3.8, 4) is 5.75 Å². The Morgan fingerprint density at radius 1 is 0.911 bits per heavy atom. The summed E-state index contributed by atoms with van der Waals surface area (Å²) >= 11 is 0. The zero-order valence-corrected chi connectivity index (χ0v) is 25.8. The molecule has 10 heteroatoms. The Morgan fingerprint density at radius 2 is 1.56 bits per heavy atom. The topological polar surface area (TPSA) is 154 Å². The summed E-state index contributed by atoms with van der Waals surface area (Å²) in [6.07, 6.45) is -1.64. The van der Waals surface area contributed by atoms with E-state index >= 15 is 0 Å². The lowest BCUT2D eigenvalue weighted by Crippen LogP contribution is -2.48. The summed E-state index contributed by atoms with van der Waals surface area (Å²) in [5.41, 5.74) is 2.73. The molecule has 5 N–H and O–H groups in total. The van der Waals surface area contributed by atoms with Gasteiger partial charge in [-0.05, 0) is 74.4 Å². The van der Waals surface area contributed by atoms with Gasteiger partial charge in [0.05, 0.1) is 24.3 Å². The largest absolute Gasteiger partial charge is 0.482 e. The van der Waals surface area contributed by atoms with E-state index < -0.39 is 54.5 Å². The van der Waals surface area contributed by atoms with Gasteiger partial charge in [-0.1, -0.05) is 66.7 Å². The van der Waals surface area contributed by atoms with Gasteiger partial charge in [0, 0.05) is 12.3 Å². The third-order valence-electron chi connectivity index (χ3n) is 7.63. The number of benzene rings is 3. The Hall–Kier alpha value is -4.41. The minimum absolute atomic E-state index is 0.000852. The number of carbonyl (C=O) groups excluding carboxylic acids is 2. The fraction of sp³-hybridized carbons (Fsp3) is 0.400. The van der Waals surface area contributed by atoms with Gasteiger partial charge >= 0.3 is 12.1 Å². The highest BCUT2D eigenvalue weighted by atomic mass is 16.6. The van der Waals surface area contributed by atoms with Gasteiger partial charge in [-0.15, -0.1) is 0 Å². The minimum Gasteiger partial charge on any atom is -0.482 e. The Labute approximate surface area is 263 Å². The molecule has 0 saturated heterocycles. The molecule has 1 unspecified atom stereocenters. The van der Waals surface area contributed by atoms with Crippen molar-refractivity contribution in [2.45, 2.75) is 76.3 Å². The SMILES string of the molecule is CC(C)(C)OC(=O)N[C@@H](Cc1ccccc1)[C@@H](O)C[C@H](Cc1ccc(OCC(=O)O)cc1)C(=O)N[C@H]1c2ccccc2CC1O. The normalized spacial score (nSPS) is 17.8. The summed E-state index contributed by atoms with van der Waals surface area (Å²) in [4.78, 5) is 37.5. The lowest BCUT2D eigenvalue weighted by Gasteiger charge is -2.29. The molecule has 3 aromatic rings. The number of carboxylic acids is 1. The fourth-order valence-corrected chi connectivity index (χ4v) is 5.52. The zero-order chi connectivity index (χ0) is 32.6. The molecule has 5 atom stereocenters. The third kappa shape index (κ3) is 10.1. The average molecular weight is 619 g/mol. The van der Waals surface area contributed by atoms with E-state index in [2.05, 4.69) is 10.6 Å². The van der Waals surface area contributed by atoms with E-state index in [9.17, 15) is 24.6 Å². The highest BCUT2D eigenvalue weighted by Crippen LogP contribution is 2.32. The molecule has 4 rings (SSSR count). The van der Waals surface area contributed by atoms with E-state index in [4.69, 9.17) is 14.6 Å². The molecule has 10 nitrogen and oxygen atoms in total. The molecular formula is C35H42N2O8.